The fourth-order valence-corrected chi connectivity index (χ4v) is 8.07. The van der Waals surface area contributed by atoms with E-state index in [-0.39, 0.29) is 0 Å². The van der Waals surface area contributed by atoms with E-state index >= 15 is 0 Å². The Bertz CT molecular complexity index is 3520. The number of rotatable bonds is 5. The molecule has 0 aliphatic rings. The standard InChI is InChI=1S/C49H28N6O2/c1-4-14-29(15-5-1)42-45-43(51-46(50-42)30-16-6-2-7-17-30)41-39(57-45)27-26-36-33-20-10-12-22-37(33)55(44(36)41)49-53-47(31-18-8-3-9-19-31)52-48(54-49)32-24-25-35-34-21-11-13-23-38(34)56-40(35)28-32/h1-28H. The van der Waals surface area contributed by atoms with Crippen molar-refractivity contribution < 1.29 is 8.83 Å². The molecule has 0 unspecified atom stereocenters. The van der Waals surface area contributed by atoms with Crippen molar-refractivity contribution in [1.29, 1.82) is 0 Å². The summed E-state index contributed by atoms with van der Waals surface area (Å²) in [5, 5.41) is 5.03. The Morgan fingerprint density at radius 3 is 1.74 bits per heavy atom. The number of benzene rings is 7. The molecule has 0 aliphatic carbocycles. The van der Waals surface area contributed by atoms with Crippen LogP contribution in [0.2, 0.25) is 0 Å². The zero-order valence-electron chi connectivity index (χ0n) is 30.2. The molecule has 8 nitrogen and oxygen atoms in total. The van der Waals surface area contributed by atoms with Crippen molar-refractivity contribution in [2.45, 2.75) is 0 Å². The van der Waals surface area contributed by atoms with Crippen LogP contribution in [0.1, 0.15) is 0 Å². The first kappa shape index (κ1) is 31.4. The van der Waals surface area contributed by atoms with Crippen molar-refractivity contribution in [3.05, 3.63) is 170 Å². The number of fused-ring (bicyclic) bond motifs is 10. The third-order valence-corrected chi connectivity index (χ3v) is 10.7. The quantitative estimate of drug-likeness (QED) is 0.174. The van der Waals surface area contributed by atoms with Crippen LogP contribution >= 0.6 is 0 Å². The lowest BCUT2D eigenvalue weighted by Crippen LogP contribution is -2.06. The van der Waals surface area contributed by atoms with Crippen LogP contribution in [-0.4, -0.2) is 29.5 Å². The van der Waals surface area contributed by atoms with E-state index in [1.165, 1.54) is 0 Å². The van der Waals surface area contributed by atoms with Gasteiger partial charge in [-0.15, -0.1) is 0 Å². The van der Waals surface area contributed by atoms with Crippen LogP contribution in [0.25, 0.3) is 117 Å². The molecular weight excluding hydrogens is 705 g/mol. The van der Waals surface area contributed by atoms with Crippen LogP contribution in [0, 0.1) is 0 Å². The van der Waals surface area contributed by atoms with Gasteiger partial charge in [-0.3, -0.25) is 4.57 Å². The average molecular weight is 733 g/mol. The molecule has 0 aliphatic heterocycles. The van der Waals surface area contributed by atoms with E-state index in [4.69, 9.17) is 33.8 Å². The fraction of sp³-hybridized carbons (Fsp3) is 0. The van der Waals surface area contributed by atoms with Gasteiger partial charge >= 0.3 is 0 Å². The van der Waals surface area contributed by atoms with Crippen molar-refractivity contribution in [3.8, 4) is 51.4 Å². The summed E-state index contributed by atoms with van der Waals surface area (Å²) in [4.78, 5) is 26.0. The SMILES string of the molecule is c1ccc(-c2nc(-c3ccc4c(c3)oc3ccccc34)nc(-n3c4ccccc4c4ccc5oc6c(-c7ccccc7)nc(-c7ccccc7)nc6c5c43)n2)cc1. The maximum atomic E-state index is 6.77. The van der Waals surface area contributed by atoms with Gasteiger partial charge in [0.1, 0.15) is 28.0 Å². The Morgan fingerprint density at radius 2 is 0.982 bits per heavy atom. The highest BCUT2D eigenvalue weighted by Crippen LogP contribution is 2.43. The Hall–Kier alpha value is -7.97. The highest BCUT2D eigenvalue weighted by Gasteiger charge is 2.25. The van der Waals surface area contributed by atoms with Gasteiger partial charge in [0.2, 0.25) is 5.95 Å². The largest absolute Gasteiger partial charge is 0.456 e. The summed E-state index contributed by atoms with van der Waals surface area (Å²) in [5.41, 5.74) is 9.70. The van der Waals surface area contributed by atoms with Gasteiger partial charge in [0.15, 0.2) is 23.1 Å². The fourth-order valence-electron chi connectivity index (χ4n) is 8.07. The molecule has 57 heavy (non-hydrogen) atoms. The number of para-hydroxylation sites is 2. The minimum atomic E-state index is 0.470. The molecule has 5 heterocycles. The van der Waals surface area contributed by atoms with E-state index < -0.39 is 0 Å². The lowest BCUT2D eigenvalue weighted by atomic mass is 10.1. The number of nitrogens with zero attached hydrogens (tertiary/aromatic N) is 6. The van der Waals surface area contributed by atoms with E-state index in [2.05, 4.69) is 59.2 Å². The smallest absolute Gasteiger partial charge is 0.238 e. The molecule has 0 spiro atoms. The Morgan fingerprint density at radius 1 is 0.386 bits per heavy atom. The second-order valence-corrected chi connectivity index (χ2v) is 14.1. The van der Waals surface area contributed by atoms with Crippen molar-refractivity contribution in [3.63, 3.8) is 0 Å². The van der Waals surface area contributed by atoms with Crippen LogP contribution < -0.4 is 0 Å². The summed E-state index contributed by atoms with van der Waals surface area (Å²) in [6, 6.07) is 56.9. The van der Waals surface area contributed by atoms with Crippen molar-refractivity contribution in [2.75, 3.05) is 0 Å². The lowest BCUT2D eigenvalue weighted by molar-refractivity contribution is 0.667. The summed E-state index contributed by atoms with van der Waals surface area (Å²) in [7, 11) is 0. The summed E-state index contributed by atoms with van der Waals surface area (Å²) in [6.45, 7) is 0. The first-order chi connectivity index (χ1) is 28.2. The first-order valence-electron chi connectivity index (χ1n) is 18.8. The van der Waals surface area contributed by atoms with Gasteiger partial charge in [-0.1, -0.05) is 133 Å². The normalized spacial score (nSPS) is 11.9. The molecule has 8 heteroatoms. The van der Waals surface area contributed by atoms with Gasteiger partial charge in [0.25, 0.3) is 0 Å². The van der Waals surface area contributed by atoms with Crippen LogP contribution in [0.5, 0.6) is 0 Å². The van der Waals surface area contributed by atoms with Gasteiger partial charge < -0.3 is 8.83 Å². The van der Waals surface area contributed by atoms with Crippen LogP contribution in [0.3, 0.4) is 0 Å². The number of furan rings is 2. The molecule has 7 aromatic carbocycles. The molecule has 12 rings (SSSR count). The molecule has 0 amide bonds. The summed E-state index contributed by atoms with van der Waals surface area (Å²) in [5.74, 6) is 2.16. The van der Waals surface area contributed by atoms with E-state index in [0.29, 0.717) is 40.1 Å². The first-order valence-corrected chi connectivity index (χ1v) is 18.8. The maximum Gasteiger partial charge on any atom is 0.238 e. The second kappa shape index (κ2) is 12.3. The van der Waals surface area contributed by atoms with E-state index in [1.807, 2.05) is 115 Å². The second-order valence-electron chi connectivity index (χ2n) is 14.1. The lowest BCUT2D eigenvalue weighted by Gasteiger charge is -2.11. The van der Waals surface area contributed by atoms with Crippen molar-refractivity contribution >= 4 is 65.8 Å². The topological polar surface area (TPSA) is 95.7 Å². The molecule has 0 saturated heterocycles. The Labute approximate surface area is 324 Å². The number of hydrogen-bond donors (Lipinski definition) is 0. The minimum Gasteiger partial charge on any atom is -0.456 e. The predicted molar refractivity (Wildman–Crippen MR) is 226 cm³/mol. The van der Waals surface area contributed by atoms with Gasteiger partial charge in [-0.2, -0.15) is 9.97 Å². The van der Waals surface area contributed by atoms with Gasteiger partial charge in [0.05, 0.1) is 16.4 Å². The van der Waals surface area contributed by atoms with Crippen molar-refractivity contribution in [2.24, 2.45) is 0 Å². The van der Waals surface area contributed by atoms with Crippen LogP contribution in [0.4, 0.5) is 0 Å². The van der Waals surface area contributed by atoms with Crippen molar-refractivity contribution in [1.82, 2.24) is 29.5 Å². The highest BCUT2D eigenvalue weighted by atomic mass is 16.3. The van der Waals surface area contributed by atoms with Crippen LogP contribution in [0.15, 0.2) is 179 Å². The van der Waals surface area contributed by atoms with E-state index in [9.17, 15) is 0 Å². The van der Waals surface area contributed by atoms with Gasteiger partial charge in [0, 0.05) is 43.8 Å². The summed E-state index contributed by atoms with van der Waals surface area (Å²) >= 11 is 0. The Balaban J connectivity index is 1.19. The molecule has 5 aromatic heterocycles. The molecule has 0 radical (unpaired) electrons. The molecule has 12 aromatic rings. The molecule has 0 bridgehead atoms. The zero-order valence-corrected chi connectivity index (χ0v) is 30.2. The molecule has 0 saturated carbocycles. The average Bonchev–Trinajstić information content (AvgIpc) is 3.96. The Kier molecular flexibility index (Phi) is 6.76. The van der Waals surface area contributed by atoms with Gasteiger partial charge in [-0.05, 0) is 36.4 Å². The molecule has 0 N–H and O–H groups in total. The third kappa shape index (κ3) is 4.91. The third-order valence-electron chi connectivity index (χ3n) is 10.7. The number of hydrogen-bond acceptors (Lipinski definition) is 7. The molecule has 0 fully saturated rings. The summed E-state index contributed by atoms with van der Waals surface area (Å²) in [6.07, 6.45) is 0. The summed E-state index contributed by atoms with van der Waals surface area (Å²) < 4.78 is 15.2. The van der Waals surface area contributed by atoms with Crippen LogP contribution in [-0.2, 0) is 0 Å². The minimum absolute atomic E-state index is 0.470. The molecule has 266 valence electrons. The zero-order chi connectivity index (χ0) is 37.5. The maximum absolute atomic E-state index is 6.77. The van der Waals surface area contributed by atoms with Gasteiger partial charge in [-0.25, -0.2) is 15.0 Å². The highest BCUT2D eigenvalue weighted by molar-refractivity contribution is 6.24. The monoisotopic (exact) mass is 732 g/mol. The molecule has 0 atom stereocenters. The van der Waals surface area contributed by atoms with E-state index in [0.717, 1.165) is 77.1 Å². The molecular formula is C49H28N6O2. The predicted octanol–water partition coefficient (Wildman–Crippen LogP) is 12.2. The van der Waals surface area contributed by atoms with E-state index in [1.54, 1.807) is 0 Å². The number of aromatic nitrogens is 6.